The number of allylic oxidation sites excluding steroid dienone is 2. The van der Waals surface area contributed by atoms with Crippen molar-refractivity contribution in [1.29, 1.82) is 0 Å². The average molecular weight is 393 g/mol. The van der Waals surface area contributed by atoms with E-state index in [0.29, 0.717) is 6.42 Å². The molecule has 1 aromatic rings. The Hall–Kier alpha value is -2.07. The topological polar surface area (TPSA) is 92.7 Å². The van der Waals surface area contributed by atoms with Crippen molar-refractivity contribution in [2.75, 3.05) is 0 Å². The number of carboxylic acid groups (broad SMARTS) is 1. The minimum absolute atomic E-state index is 0.0476. The molecule has 0 fully saturated rings. The van der Waals surface area contributed by atoms with E-state index < -0.39 is 34.1 Å². The Morgan fingerprint density at radius 1 is 1.27 bits per heavy atom. The number of nitrogens with one attached hydrogen (secondary N) is 1. The molecule has 1 aliphatic rings. The van der Waals surface area contributed by atoms with Crippen molar-refractivity contribution in [3.05, 3.63) is 36.4 Å². The van der Waals surface area contributed by atoms with Crippen LogP contribution in [0.15, 0.2) is 41.3 Å². The number of alkyl halides is 3. The molecule has 144 valence electrons. The van der Waals surface area contributed by atoms with Gasteiger partial charge >= 0.3 is 12.3 Å². The van der Waals surface area contributed by atoms with Crippen LogP contribution in [0.5, 0.6) is 5.75 Å². The maximum Gasteiger partial charge on any atom is 0.573 e. The van der Waals surface area contributed by atoms with Gasteiger partial charge in [0.2, 0.25) is 10.0 Å². The molecule has 0 saturated heterocycles. The van der Waals surface area contributed by atoms with Crippen molar-refractivity contribution in [2.24, 2.45) is 5.92 Å². The minimum Gasteiger partial charge on any atom is -0.480 e. The van der Waals surface area contributed by atoms with Crippen LogP contribution in [0.1, 0.15) is 25.7 Å². The van der Waals surface area contributed by atoms with Gasteiger partial charge in [-0.2, -0.15) is 4.72 Å². The van der Waals surface area contributed by atoms with Gasteiger partial charge in [0.25, 0.3) is 0 Å². The molecule has 0 aliphatic heterocycles. The number of halogens is 3. The van der Waals surface area contributed by atoms with E-state index in [9.17, 15) is 31.5 Å². The molecule has 0 radical (unpaired) electrons. The molecule has 2 rings (SSSR count). The number of rotatable bonds is 7. The average Bonchev–Trinajstić information content (AvgIpc) is 2.54. The molecule has 10 heteroatoms. The first-order valence-electron chi connectivity index (χ1n) is 7.83. The zero-order chi connectivity index (χ0) is 19.4. The molecule has 1 aromatic carbocycles. The highest BCUT2D eigenvalue weighted by Crippen LogP contribution is 2.25. The summed E-state index contributed by atoms with van der Waals surface area (Å²) in [6.07, 6.45) is 1.42. The number of sulfonamides is 1. The van der Waals surface area contributed by atoms with E-state index in [0.717, 1.165) is 37.1 Å². The number of carbonyl (C=O) groups is 1. The first-order chi connectivity index (χ1) is 12.1. The first kappa shape index (κ1) is 20.2. The Labute approximate surface area is 148 Å². The van der Waals surface area contributed by atoms with Gasteiger partial charge in [0.15, 0.2) is 0 Å². The normalized spacial score (nSPS) is 19.1. The molecule has 0 saturated carbocycles. The summed E-state index contributed by atoms with van der Waals surface area (Å²) in [6.45, 7) is 0. The van der Waals surface area contributed by atoms with Gasteiger partial charge in [-0.25, -0.2) is 8.42 Å². The molecule has 1 aliphatic carbocycles. The highest BCUT2D eigenvalue weighted by Gasteiger charge is 2.32. The molecule has 2 N–H and O–H groups in total. The summed E-state index contributed by atoms with van der Waals surface area (Å²) in [4.78, 5) is 11.1. The molecule has 6 nitrogen and oxygen atoms in total. The van der Waals surface area contributed by atoms with Crippen LogP contribution in [0.25, 0.3) is 0 Å². The van der Waals surface area contributed by atoms with Gasteiger partial charge < -0.3 is 9.84 Å². The summed E-state index contributed by atoms with van der Waals surface area (Å²) in [6, 6.07) is 2.23. The van der Waals surface area contributed by atoms with E-state index in [2.05, 4.69) is 9.46 Å². The van der Waals surface area contributed by atoms with Crippen molar-refractivity contribution in [3.63, 3.8) is 0 Å². The lowest BCUT2D eigenvalue weighted by Crippen LogP contribution is -2.42. The van der Waals surface area contributed by atoms with E-state index in [4.69, 9.17) is 0 Å². The van der Waals surface area contributed by atoms with E-state index in [1.165, 1.54) is 0 Å². The van der Waals surface area contributed by atoms with Gasteiger partial charge in [-0.05, 0) is 55.9 Å². The van der Waals surface area contributed by atoms with Gasteiger partial charge in [0, 0.05) is 0 Å². The SMILES string of the molecule is O=C(O)[C@@H](C[C@@H]1CC=CCC1)NS(=O)(=O)c1ccc(OC(F)(F)F)cc1. The first-order valence-corrected chi connectivity index (χ1v) is 9.31. The maximum absolute atomic E-state index is 12.3. The summed E-state index contributed by atoms with van der Waals surface area (Å²) in [5, 5.41) is 9.30. The number of hydrogen-bond acceptors (Lipinski definition) is 4. The largest absolute Gasteiger partial charge is 0.573 e. The van der Waals surface area contributed by atoms with Crippen molar-refractivity contribution in [1.82, 2.24) is 4.72 Å². The monoisotopic (exact) mass is 393 g/mol. The van der Waals surface area contributed by atoms with Gasteiger partial charge in [-0.15, -0.1) is 13.2 Å². The van der Waals surface area contributed by atoms with Crippen LogP contribution in [0.4, 0.5) is 13.2 Å². The smallest absolute Gasteiger partial charge is 0.480 e. The third kappa shape index (κ3) is 6.03. The van der Waals surface area contributed by atoms with Gasteiger partial charge in [-0.3, -0.25) is 4.79 Å². The number of carboxylic acids is 1. The fourth-order valence-electron chi connectivity index (χ4n) is 2.68. The van der Waals surface area contributed by atoms with E-state index in [-0.39, 0.29) is 17.2 Å². The van der Waals surface area contributed by atoms with Crippen LogP contribution in [0, 0.1) is 5.92 Å². The fourth-order valence-corrected chi connectivity index (χ4v) is 3.88. The van der Waals surface area contributed by atoms with Crippen molar-refractivity contribution >= 4 is 16.0 Å². The quantitative estimate of drug-likeness (QED) is 0.695. The summed E-state index contributed by atoms with van der Waals surface area (Å²) in [5.41, 5.74) is 0. The molecular formula is C16H18F3NO5S. The van der Waals surface area contributed by atoms with Gasteiger partial charge in [0.05, 0.1) is 4.90 Å². The summed E-state index contributed by atoms with van der Waals surface area (Å²) in [7, 11) is -4.20. The lowest BCUT2D eigenvalue weighted by atomic mass is 9.89. The molecular weight excluding hydrogens is 375 g/mol. The summed E-state index contributed by atoms with van der Waals surface area (Å²) < 4.78 is 66.9. The van der Waals surface area contributed by atoms with Crippen LogP contribution in [-0.4, -0.2) is 31.9 Å². The van der Waals surface area contributed by atoms with E-state index in [1.807, 2.05) is 12.2 Å². The Balaban J connectivity index is 2.09. The fraction of sp³-hybridized carbons (Fsp3) is 0.438. The maximum atomic E-state index is 12.3. The third-order valence-electron chi connectivity index (χ3n) is 3.91. The molecule has 0 amide bonds. The molecule has 26 heavy (non-hydrogen) atoms. The van der Waals surface area contributed by atoms with Crippen LogP contribution in [0.3, 0.4) is 0 Å². The predicted molar refractivity (Wildman–Crippen MR) is 86.0 cm³/mol. The van der Waals surface area contributed by atoms with Gasteiger partial charge in [0.1, 0.15) is 11.8 Å². The molecule has 0 aromatic heterocycles. The number of hydrogen-bond donors (Lipinski definition) is 2. The van der Waals surface area contributed by atoms with Crippen LogP contribution >= 0.6 is 0 Å². The molecule has 0 heterocycles. The molecule has 2 atom stereocenters. The highest BCUT2D eigenvalue weighted by atomic mass is 32.2. The predicted octanol–water partition coefficient (Wildman–Crippen LogP) is 3.06. The van der Waals surface area contributed by atoms with Crippen molar-refractivity contribution < 1.29 is 36.2 Å². The van der Waals surface area contributed by atoms with Crippen molar-refractivity contribution in [2.45, 2.75) is 43.0 Å². The second kappa shape index (κ2) is 8.09. The second-order valence-corrected chi connectivity index (χ2v) is 7.63. The molecule has 0 spiro atoms. The minimum atomic E-state index is -4.89. The Morgan fingerprint density at radius 2 is 1.92 bits per heavy atom. The molecule has 0 bridgehead atoms. The number of benzene rings is 1. The third-order valence-corrected chi connectivity index (χ3v) is 5.40. The Morgan fingerprint density at radius 3 is 2.42 bits per heavy atom. The van der Waals surface area contributed by atoms with Crippen molar-refractivity contribution in [3.8, 4) is 5.75 Å². The van der Waals surface area contributed by atoms with Crippen LogP contribution in [-0.2, 0) is 14.8 Å². The standard InChI is InChI=1S/C16H18F3NO5S/c17-16(18,19)25-12-6-8-13(9-7-12)26(23,24)20-14(15(21)22)10-11-4-2-1-3-5-11/h1-2,6-9,11,14,20H,3-5,10H2,(H,21,22)/t11-,14-/m1/s1. The van der Waals surface area contributed by atoms with Crippen LogP contribution in [0.2, 0.25) is 0 Å². The number of ether oxygens (including phenoxy) is 1. The lowest BCUT2D eigenvalue weighted by molar-refractivity contribution is -0.274. The summed E-state index contributed by atoms with van der Waals surface area (Å²) in [5.74, 6) is -1.83. The summed E-state index contributed by atoms with van der Waals surface area (Å²) >= 11 is 0. The number of aliphatic carboxylic acids is 1. The van der Waals surface area contributed by atoms with Gasteiger partial charge in [-0.1, -0.05) is 12.2 Å². The second-order valence-electron chi connectivity index (χ2n) is 5.92. The highest BCUT2D eigenvalue weighted by molar-refractivity contribution is 7.89. The lowest BCUT2D eigenvalue weighted by Gasteiger charge is -2.22. The zero-order valence-electron chi connectivity index (χ0n) is 13.6. The van der Waals surface area contributed by atoms with E-state index >= 15 is 0 Å². The van der Waals surface area contributed by atoms with Crippen LogP contribution < -0.4 is 9.46 Å². The Bertz CT molecular complexity index is 759. The zero-order valence-corrected chi connectivity index (χ0v) is 14.4. The van der Waals surface area contributed by atoms with E-state index in [1.54, 1.807) is 0 Å². The Kier molecular flexibility index (Phi) is 6.30. The molecule has 0 unspecified atom stereocenters.